The third-order valence-electron chi connectivity index (χ3n) is 2.89. The van der Waals surface area contributed by atoms with Gasteiger partial charge in [0.15, 0.2) is 0 Å². The molecule has 0 aliphatic carbocycles. The Balaban J connectivity index is 2.80. The summed E-state index contributed by atoms with van der Waals surface area (Å²) >= 11 is 0. The van der Waals surface area contributed by atoms with Crippen molar-refractivity contribution in [2.75, 3.05) is 33.8 Å². The fraction of sp³-hybridized carbons (Fsp3) is 0.462. The van der Waals surface area contributed by atoms with E-state index in [1.807, 2.05) is 31.1 Å². The topological polar surface area (TPSA) is 43.8 Å². The minimum absolute atomic E-state index is 0.0511. The molecular weight excluding hydrogens is 216 g/mol. The first-order valence-electron chi connectivity index (χ1n) is 5.62. The van der Waals surface area contributed by atoms with Gasteiger partial charge in [-0.15, -0.1) is 0 Å². The van der Waals surface area contributed by atoms with Crippen molar-refractivity contribution in [2.24, 2.45) is 0 Å². The van der Waals surface area contributed by atoms with E-state index in [0.717, 1.165) is 17.6 Å². The number of rotatable bonds is 6. The van der Waals surface area contributed by atoms with Crippen LogP contribution in [0.3, 0.4) is 0 Å². The maximum absolute atomic E-state index is 10.6. The minimum atomic E-state index is -0.0568. The van der Waals surface area contributed by atoms with E-state index in [2.05, 4.69) is 6.58 Å². The number of likely N-dealkylation sites (N-methyl/N-ethyl adjacent to an activating group) is 1. The van der Waals surface area contributed by atoms with Gasteiger partial charge in [0.1, 0.15) is 0 Å². The van der Waals surface area contributed by atoms with Crippen molar-refractivity contribution in [2.45, 2.75) is 6.04 Å². The molecule has 17 heavy (non-hydrogen) atoms. The quantitative estimate of drug-likeness (QED) is 0.537. The van der Waals surface area contributed by atoms with Gasteiger partial charge in [0.25, 0.3) is 0 Å². The van der Waals surface area contributed by atoms with Crippen molar-refractivity contribution in [3.05, 3.63) is 36.0 Å². The molecule has 1 heterocycles. The van der Waals surface area contributed by atoms with Gasteiger partial charge in [0, 0.05) is 13.1 Å². The van der Waals surface area contributed by atoms with Crippen LogP contribution in [0.1, 0.15) is 0 Å². The van der Waals surface area contributed by atoms with Gasteiger partial charge in [-0.1, -0.05) is 24.8 Å². The summed E-state index contributed by atoms with van der Waals surface area (Å²) in [5.41, 5.74) is 2.06. The lowest BCUT2D eigenvalue weighted by Gasteiger charge is -2.23. The Bertz CT molecular complexity index is 345. The number of hydrogen-bond donors (Lipinski definition) is 1. The number of aliphatic hydroxyl groups is 1. The summed E-state index contributed by atoms with van der Waals surface area (Å²) in [7, 11) is 3.83. The zero-order valence-electron chi connectivity index (χ0n) is 10.5. The van der Waals surface area contributed by atoms with Gasteiger partial charge < -0.3 is 14.9 Å². The highest BCUT2D eigenvalue weighted by Gasteiger charge is 2.16. The van der Waals surface area contributed by atoms with Gasteiger partial charge >= 0.3 is 0 Å². The molecule has 4 nitrogen and oxygen atoms in total. The van der Waals surface area contributed by atoms with Crippen LogP contribution in [0.25, 0.3) is 0 Å². The van der Waals surface area contributed by atoms with E-state index in [4.69, 9.17) is 0 Å². The Kier molecular flexibility index (Phi) is 5.12. The van der Waals surface area contributed by atoms with Crippen molar-refractivity contribution in [3.63, 3.8) is 0 Å². The lowest BCUT2D eigenvalue weighted by molar-refractivity contribution is -0.116. The van der Waals surface area contributed by atoms with Crippen LogP contribution in [0, 0.1) is 0 Å². The third-order valence-corrected chi connectivity index (χ3v) is 2.89. The van der Waals surface area contributed by atoms with Gasteiger partial charge in [0.05, 0.1) is 12.6 Å². The lowest BCUT2D eigenvalue weighted by Crippen LogP contribution is -2.32. The molecule has 0 fully saturated rings. The number of hydrogen-bond acceptors (Lipinski definition) is 3. The second-order valence-electron chi connectivity index (χ2n) is 4.32. The Hall–Kier alpha value is -1.39. The van der Waals surface area contributed by atoms with Crippen molar-refractivity contribution in [1.29, 1.82) is 0 Å². The molecular formula is C13H20N2O2. The number of carbonyl (C=O) groups excluding carboxylic acids is 1. The Labute approximate surface area is 103 Å². The highest BCUT2D eigenvalue weighted by Crippen LogP contribution is 2.15. The van der Waals surface area contributed by atoms with Gasteiger partial charge in [0.2, 0.25) is 6.41 Å². The van der Waals surface area contributed by atoms with Crippen LogP contribution >= 0.6 is 0 Å². The molecule has 94 valence electrons. The fourth-order valence-corrected chi connectivity index (χ4v) is 1.86. The Morgan fingerprint density at radius 1 is 1.71 bits per heavy atom. The van der Waals surface area contributed by atoms with Crippen molar-refractivity contribution >= 4 is 6.41 Å². The van der Waals surface area contributed by atoms with Gasteiger partial charge in [-0.05, 0) is 25.2 Å². The third kappa shape index (κ3) is 3.54. The monoisotopic (exact) mass is 236 g/mol. The molecule has 0 saturated heterocycles. The van der Waals surface area contributed by atoms with Crippen molar-refractivity contribution in [1.82, 2.24) is 9.80 Å². The molecule has 1 aliphatic rings. The molecule has 1 atom stereocenters. The van der Waals surface area contributed by atoms with Crippen LogP contribution in [0.4, 0.5) is 0 Å². The zero-order valence-corrected chi connectivity index (χ0v) is 10.5. The van der Waals surface area contributed by atoms with E-state index in [1.54, 1.807) is 11.0 Å². The average Bonchev–Trinajstić information content (AvgIpc) is 2.76. The lowest BCUT2D eigenvalue weighted by atomic mass is 10.0. The maximum atomic E-state index is 10.6. The molecule has 0 aromatic heterocycles. The molecule has 0 bridgehead atoms. The number of amides is 1. The summed E-state index contributed by atoms with van der Waals surface area (Å²) in [6.45, 7) is 5.12. The smallest absolute Gasteiger partial charge is 0.210 e. The van der Waals surface area contributed by atoms with Gasteiger partial charge in [-0.3, -0.25) is 4.79 Å². The molecule has 0 spiro atoms. The molecule has 1 amide bonds. The van der Waals surface area contributed by atoms with Crippen LogP contribution in [0.2, 0.25) is 0 Å². The number of nitrogens with zero attached hydrogens (tertiary/aromatic N) is 2. The molecule has 1 rings (SSSR count). The zero-order chi connectivity index (χ0) is 12.8. The van der Waals surface area contributed by atoms with E-state index in [9.17, 15) is 9.90 Å². The summed E-state index contributed by atoms with van der Waals surface area (Å²) in [6, 6.07) is -0.0568. The molecule has 4 heteroatoms. The van der Waals surface area contributed by atoms with Crippen LogP contribution < -0.4 is 0 Å². The minimum Gasteiger partial charge on any atom is -0.394 e. The van der Waals surface area contributed by atoms with E-state index >= 15 is 0 Å². The predicted octanol–water partition coefficient (Wildman–Crippen LogP) is 0.420. The Morgan fingerprint density at radius 3 is 2.82 bits per heavy atom. The molecule has 0 aromatic rings. The van der Waals surface area contributed by atoms with Crippen LogP contribution in [-0.4, -0.2) is 61.2 Å². The number of aliphatic hydroxyl groups excluding tert-OH is 1. The average molecular weight is 236 g/mol. The fourth-order valence-electron chi connectivity index (χ4n) is 1.86. The maximum Gasteiger partial charge on any atom is 0.210 e. The first-order valence-corrected chi connectivity index (χ1v) is 5.62. The first-order chi connectivity index (χ1) is 8.12. The van der Waals surface area contributed by atoms with E-state index in [-0.39, 0.29) is 12.6 Å². The first kappa shape index (κ1) is 13.7. The van der Waals surface area contributed by atoms with Crippen LogP contribution in [0.5, 0.6) is 0 Å². The van der Waals surface area contributed by atoms with E-state index < -0.39 is 0 Å². The summed E-state index contributed by atoms with van der Waals surface area (Å²) in [5, 5.41) is 9.35. The summed E-state index contributed by atoms with van der Waals surface area (Å²) in [6.07, 6.45) is 6.62. The highest BCUT2D eigenvalue weighted by atomic mass is 16.3. The molecule has 1 N–H and O–H groups in total. The summed E-state index contributed by atoms with van der Waals surface area (Å²) < 4.78 is 0. The van der Waals surface area contributed by atoms with Crippen LogP contribution in [0.15, 0.2) is 36.0 Å². The van der Waals surface area contributed by atoms with Crippen molar-refractivity contribution in [3.8, 4) is 0 Å². The number of carbonyl (C=O) groups is 1. The largest absolute Gasteiger partial charge is 0.394 e. The summed E-state index contributed by atoms with van der Waals surface area (Å²) in [4.78, 5) is 14.2. The summed E-state index contributed by atoms with van der Waals surface area (Å²) in [5.74, 6) is 0. The van der Waals surface area contributed by atoms with Crippen LogP contribution in [-0.2, 0) is 4.79 Å². The molecule has 1 unspecified atom stereocenters. The van der Waals surface area contributed by atoms with Gasteiger partial charge in [-0.25, -0.2) is 0 Å². The van der Waals surface area contributed by atoms with Crippen molar-refractivity contribution < 1.29 is 9.90 Å². The predicted molar refractivity (Wildman–Crippen MR) is 68.6 cm³/mol. The van der Waals surface area contributed by atoms with E-state index in [0.29, 0.717) is 13.1 Å². The molecule has 0 aromatic carbocycles. The molecule has 0 radical (unpaired) electrons. The molecule has 1 aliphatic heterocycles. The molecule has 0 saturated carbocycles. The van der Waals surface area contributed by atoms with Gasteiger partial charge in [-0.2, -0.15) is 0 Å². The second kappa shape index (κ2) is 6.37. The second-order valence-corrected chi connectivity index (χ2v) is 4.32. The normalized spacial score (nSPS) is 18.2. The SMILES string of the molecule is C=C/C(=C\C1=CCN(C=O)C1)C(CO)N(C)C. The highest BCUT2D eigenvalue weighted by molar-refractivity contribution is 5.51. The Morgan fingerprint density at radius 2 is 2.41 bits per heavy atom. The standard InChI is InChI=1S/C13H20N2O2/c1-4-12(13(9-16)14(2)3)7-11-5-6-15(8-11)10-17/h4-5,7,10,13,16H,1,6,8-9H2,2-3H3/b12-7+. The van der Waals surface area contributed by atoms with E-state index in [1.165, 1.54) is 0 Å².